The molecule has 0 heterocycles. The van der Waals surface area contributed by atoms with Crippen LogP contribution in [0.25, 0.3) is 0 Å². The first kappa shape index (κ1) is 33.1. The third-order valence-corrected chi connectivity index (χ3v) is 20.8. The van der Waals surface area contributed by atoms with Crippen molar-refractivity contribution in [1.82, 2.24) is 0 Å². The van der Waals surface area contributed by atoms with E-state index in [1.54, 1.807) is 70.6 Å². The van der Waals surface area contributed by atoms with Gasteiger partial charge in [0.15, 0.2) is 0 Å². The van der Waals surface area contributed by atoms with Crippen molar-refractivity contribution in [2.75, 3.05) is 0 Å². The highest BCUT2D eigenvalue weighted by atomic mass is 14.7. The van der Waals surface area contributed by atoms with Crippen LogP contribution in [-0.2, 0) is 0 Å². The minimum Gasteiger partial charge on any atom is -0.198 e. The first-order chi connectivity index (χ1) is 24.0. The van der Waals surface area contributed by atoms with Crippen molar-refractivity contribution in [2.45, 2.75) is 174 Å². The fourth-order valence-corrected chi connectivity index (χ4v) is 19.0. The number of rotatable bonds is 3. The quantitative estimate of drug-likeness (QED) is 0.294. The molecular weight excluding hydrogens is 591 g/mol. The van der Waals surface area contributed by atoms with E-state index in [1.165, 1.54) is 89.9 Å². The van der Waals surface area contributed by atoms with Crippen LogP contribution < -0.4 is 0 Å². The molecule has 10 aliphatic rings. The topological polar surface area (TPSA) is 23.8 Å². The zero-order valence-electron chi connectivity index (χ0n) is 32.1. The molecule has 0 N–H and O–H groups in total. The van der Waals surface area contributed by atoms with Crippen LogP contribution in [0.2, 0.25) is 0 Å². The molecule has 0 aromatic rings. The fourth-order valence-electron chi connectivity index (χ4n) is 19.0. The lowest BCUT2D eigenvalue weighted by Crippen LogP contribution is -2.45. The molecule has 10 aliphatic carbocycles. The molecule has 0 spiro atoms. The lowest BCUT2D eigenvalue weighted by Gasteiger charge is -2.52. The highest BCUT2D eigenvalue weighted by Crippen LogP contribution is 2.68. The molecule has 1 nitrogen and oxygen atoms in total. The number of fused-ring (bicyclic) bond motifs is 7. The van der Waals surface area contributed by atoms with Crippen molar-refractivity contribution in [2.24, 2.45) is 118 Å². The number of hydrogen-bond acceptors (Lipinski definition) is 1. The number of nitriles is 1. The van der Waals surface area contributed by atoms with Crippen molar-refractivity contribution < 1.29 is 0 Å². The maximum absolute atomic E-state index is 10.8. The van der Waals surface area contributed by atoms with Gasteiger partial charge in [-0.25, -0.2) is 0 Å². The maximum atomic E-state index is 10.8. The zero-order chi connectivity index (χ0) is 32.9. The molecule has 10 saturated carbocycles. The molecule has 19 atom stereocenters. The van der Waals surface area contributed by atoms with Crippen LogP contribution in [0.4, 0.5) is 0 Å². The predicted molar refractivity (Wildman–Crippen MR) is 201 cm³/mol. The molecule has 19 unspecified atom stereocenters. The van der Waals surface area contributed by atoms with Crippen LogP contribution in [0.5, 0.6) is 0 Å². The van der Waals surface area contributed by atoms with Crippen LogP contribution in [0.1, 0.15) is 174 Å². The molecule has 10 rings (SSSR count). The Bertz CT molecular complexity index is 1210. The Balaban J connectivity index is 0.791. The van der Waals surface area contributed by atoms with Gasteiger partial charge in [-0.15, -0.1) is 0 Å². The van der Waals surface area contributed by atoms with Gasteiger partial charge in [-0.3, -0.25) is 0 Å². The molecule has 0 aliphatic heterocycles. The SMILES string of the molecule is CC1(C)C2CC(C3CCC(C4CCC5C6CCCCC6C6CCCC4C65)C(C#N)C3)CCC2C2CCC(C3CCC4CCCCC4C3)CC21. The molecule has 0 bridgehead atoms. The Morgan fingerprint density at radius 1 is 0.367 bits per heavy atom. The molecule has 1 heteroatoms. The summed E-state index contributed by atoms with van der Waals surface area (Å²) in [5.74, 6) is 18.5. The van der Waals surface area contributed by atoms with E-state index in [0.717, 1.165) is 107 Å². The molecule has 0 radical (unpaired) electrons. The average molecular weight is 666 g/mol. The van der Waals surface area contributed by atoms with E-state index >= 15 is 0 Å². The Morgan fingerprint density at radius 3 is 1.43 bits per heavy atom. The summed E-state index contributed by atoms with van der Waals surface area (Å²) in [5.41, 5.74) is 0.537. The summed E-state index contributed by atoms with van der Waals surface area (Å²) in [6, 6.07) is 3.06. The van der Waals surface area contributed by atoms with Gasteiger partial charge < -0.3 is 0 Å². The normalized spacial score (nSPS) is 56.3. The predicted octanol–water partition coefficient (Wildman–Crippen LogP) is 13.1. The standard InChI is InChI=1S/C48H75N/c1-48(2)45-26-33(31-15-14-29-8-3-4-9-30(29)24-31)17-20-40(45)41-21-18-34(27-46(41)48)32-16-19-36(35(25-32)28-49)39-22-23-44-38-11-6-5-10-37(38)42-12-7-13-43(39)47(42)44/h29-47H,3-27H2,1-2H3. The lowest BCUT2D eigenvalue weighted by atomic mass is 9.53. The van der Waals surface area contributed by atoms with Gasteiger partial charge in [0.1, 0.15) is 0 Å². The first-order valence-electron chi connectivity index (χ1n) is 23.4. The van der Waals surface area contributed by atoms with E-state index in [1.807, 2.05) is 0 Å². The van der Waals surface area contributed by atoms with Gasteiger partial charge in [0.2, 0.25) is 0 Å². The molecular formula is C48H75N. The summed E-state index contributed by atoms with van der Waals surface area (Å²) in [7, 11) is 0. The highest BCUT2D eigenvalue weighted by Gasteiger charge is 2.60. The highest BCUT2D eigenvalue weighted by molar-refractivity contribution is 5.10. The summed E-state index contributed by atoms with van der Waals surface area (Å²) < 4.78 is 0. The van der Waals surface area contributed by atoms with Gasteiger partial charge in [-0.2, -0.15) is 5.26 Å². The molecule has 0 aromatic carbocycles. The molecule has 0 saturated heterocycles. The zero-order valence-corrected chi connectivity index (χ0v) is 32.1. The van der Waals surface area contributed by atoms with Gasteiger partial charge in [-0.05, 0) is 228 Å². The third-order valence-electron chi connectivity index (χ3n) is 20.8. The smallest absolute Gasteiger partial charge is 0.0658 e. The molecule has 0 aromatic heterocycles. The fraction of sp³-hybridized carbons (Fsp3) is 0.979. The number of hydrogen-bond donors (Lipinski definition) is 0. The largest absolute Gasteiger partial charge is 0.198 e. The average Bonchev–Trinajstić information content (AvgIpc) is 3.60. The van der Waals surface area contributed by atoms with E-state index in [9.17, 15) is 5.26 Å². The van der Waals surface area contributed by atoms with E-state index in [4.69, 9.17) is 0 Å². The molecule has 10 fully saturated rings. The molecule has 49 heavy (non-hydrogen) atoms. The molecule has 272 valence electrons. The van der Waals surface area contributed by atoms with Crippen LogP contribution in [-0.4, -0.2) is 0 Å². The third kappa shape index (κ3) is 5.43. The monoisotopic (exact) mass is 666 g/mol. The summed E-state index contributed by atoms with van der Waals surface area (Å²) in [4.78, 5) is 0. The lowest BCUT2D eigenvalue weighted by molar-refractivity contribution is -0.0237. The summed E-state index contributed by atoms with van der Waals surface area (Å²) >= 11 is 0. The van der Waals surface area contributed by atoms with Gasteiger partial charge in [-0.1, -0.05) is 58.8 Å². The Labute approximate surface area is 302 Å². The summed E-state index contributed by atoms with van der Waals surface area (Å²) in [6.07, 6.45) is 38.2. The van der Waals surface area contributed by atoms with Crippen LogP contribution >= 0.6 is 0 Å². The Morgan fingerprint density at radius 2 is 0.776 bits per heavy atom. The first-order valence-corrected chi connectivity index (χ1v) is 23.4. The van der Waals surface area contributed by atoms with Crippen LogP contribution in [0.15, 0.2) is 0 Å². The second-order valence-electron chi connectivity index (χ2n) is 22.2. The van der Waals surface area contributed by atoms with Crippen molar-refractivity contribution in [1.29, 1.82) is 5.26 Å². The van der Waals surface area contributed by atoms with Crippen molar-refractivity contribution in [3.8, 4) is 6.07 Å². The van der Waals surface area contributed by atoms with Crippen molar-refractivity contribution in [3.05, 3.63) is 0 Å². The van der Waals surface area contributed by atoms with Crippen molar-refractivity contribution in [3.63, 3.8) is 0 Å². The van der Waals surface area contributed by atoms with E-state index in [-0.39, 0.29) is 0 Å². The van der Waals surface area contributed by atoms with Crippen molar-refractivity contribution >= 4 is 0 Å². The summed E-state index contributed by atoms with van der Waals surface area (Å²) in [5, 5.41) is 10.8. The van der Waals surface area contributed by atoms with Gasteiger partial charge >= 0.3 is 0 Å². The minimum absolute atomic E-state index is 0.362. The van der Waals surface area contributed by atoms with E-state index in [2.05, 4.69) is 19.9 Å². The number of nitrogens with zero attached hydrogens (tertiary/aromatic N) is 1. The second kappa shape index (κ2) is 13.1. The van der Waals surface area contributed by atoms with Gasteiger partial charge in [0, 0.05) is 5.92 Å². The Kier molecular flexibility index (Phi) is 8.85. The van der Waals surface area contributed by atoms with Crippen LogP contribution in [0, 0.1) is 129 Å². The van der Waals surface area contributed by atoms with E-state index in [0.29, 0.717) is 11.3 Å². The maximum Gasteiger partial charge on any atom is 0.0658 e. The molecule has 0 amide bonds. The minimum atomic E-state index is 0.362. The van der Waals surface area contributed by atoms with E-state index < -0.39 is 0 Å². The van der Waals surface area contributed by atoms with Gasteiger partial charge in [0.25, 0.3) is 0 Å². The second-order valence-corrected chi connectivity index (χ2v) is 22.2. The van der Waals surface area contributed by atoms with Gasteiger partial charge in [0.05, 0.1) is 6.07 Å². The Hall–Kier alpha value is -0.510. The summed E-state index contributed by atoms with van der Waals surface area (Å²) in [6.45, 7) is 5.53. The van der Waals surface area contributed by atoms with Crippen LogP contribution in [0.3, 0.4) is 0 Å².